The molecule has 1 aliphatic heterocycles. The van der Waals surface area contributed by atoms with E-state index in [-0.39, 0.29) is 30.7 Å². The Hall–Kier alpha value is -0.0700. The molecule has 0 saturated carbocycles. The van der Waals surface area contributed by atoms with Crippen molar-refractivity contribution < 1.29 is 9.53 Å². The summed E-state index contributed by atoms with van der Waals surface area (Å²) >= 11 is 0. The van der Waals surface area contributed by atoms with Crippen LogP contribution in [0.3, 0.4) is 0 Å². The van der Waals surface area contributed by atoms with Crippen molar-refractivity contribution in [1.29, 1.82) is 0 Å². The van der Waals surface area contributed by atoms with Gasteiger partial charge in [0.1, 0.15) is 0 Å². The molecule has 1 unspecified atom stereocenters. The summed E-state index contributed by atoms with van der Waals surface area (Å²) in [6.07, 6.45) is 0. The molecule has 0 spiro atoms. The Bertz CT molecular complexity index is 254. The minimum atomic E-state index is -0.793. The van der Waals surface area contributed by atoms with Gasteiger partial charge in [0, 0.05) is 26.2 Å². The van der Waals surface area contributed by atoms with Crippen LogP contribution in [0.15, 0.2) is 0 Å². The molecule has 5 nitrogen and oxygen atoms in total. The molecule has 116 valence electrons. The van der Waals surface area contributed by atoms with Crippen molar-refractivity contribution in [2.75, 3.05) is 39.4 Å². The number of carbonyl (C=O) groups excluding carboxylic acids is 1. The first-order valence-electron chi connectivity index (χ1n) is 6.27. The van der Waals surface area contributed by atoms with Crippen LogP contribution in [-0.4, -0.2) is 55.7 Å². The number of carbonyl (C=O) groups is 1. The highest BCUT2D eigenvalue weighted by atomic mass is 35.5. The van der Waals surface area contributed by atoms with Crippen molar-refractivity contribution in [2.45, 2.75) is 26.3 Å². The summed E-state index contributed by atoms with van der Waals surface area (Å²) in [4.78, 5) is 14.0. The van der Waals surface area contributed by atoms with Crippen LogP contribution in [0.25, 0.3) is 0 Å². The smallest absolute Gasteiger partial charge is 0.239 e. The molecule has 1 aliphatic rings. The van der Waals surface area contributed by atoms with Gasteiger partial charge in [0.15, 0.2) is 0 Å². The molecule has 1 amide bonds. The largest absolute Gasteiger partial charge is 0.379 e. The zero-order valence-corrected chi connectivity index (χ0v) is 13.6. The zero-order valence-electron chi connectivity index (χ0n) is 12.0. The lowest BCUT2D eigenvalue weighted by Gasteiger charge is -2.29. The number of hydrogen-bond donors (Lipinski definition) is 2. The summed E-state index contributed by atoms with van der Waals surface area (Å²) in [7, 11) is 0. The Kier molecular flexibility index (Phi) is 10.9. The zero-order chi connectivity index (χ0) is 12.9. The summed E-state index contributed by atoms with van der Waals surface area (Å²) in [5, 5.41) is 2.89. The lowest BCUT2D eigenvalue weighted by atomic mass is 10.1. The predicted octanol–water partition coefficient (Wildman–Crippen LogP) is 0.652. The molecule has 0 aliphatic carbocycles. The fourth-order valence-corrected chi connectivity index (χ4v) is 1.78. The Balaban J connectivity index is 0. The van der Waals surface area contributed by atoms with E-state index in [0.29, 0.717) is 12.5 Å². The van der Waals surface area contributed by atoms with Crippen LogP contribution in [0.4, 0.5) is 0 Å². The topological polar surface area (TPSA) is 67.6 Å². The van der Waals surface area contributed by atoms with E-state index in [9.17, 15) is 4.79 Å². The van der Waals surface area contributed by atoms with E-state index in [0.717, 1.165) is 32.8 Å². The first-order valence-corrected chi connectivity index (χ1v) is 6.27. The Morgan fingerprint density at radius 3 is 2.37 bits per heavy atom. The van der Waals surface area contributed by atoms with Gasteiger partial charge in [0.25, 0.3) is 0 Å². The highest BCUT2D eigenvalue weighted by molar-refractivity contribution is 5.85. The van der Waals surface area contributed by atoms with Gasteiger partial charge in [-0.05, 0) is 19.8 Å². The van der Waals surface area contributed by atoms with Crippen LogP contribution >= 0.6 is 24.8 Å². The predicted molar refractivity (Wildman–Crippen MR) is 82.2 cm³/mol. The third-order valence-corrected chi connectivity index (χ3v) is 2.87. The molecular formula is C12H27Cl2N3O2. The van der Waals surface area contributed by atoms with E-state index in [1.807, 2.05) is 0 Å². The van der Waals surface area contributed by atoms with E-state index in [1.54, 1.807) is 13.8 Å². The van der Waals surface area contributed by atoms with Crippen molar-refractivity contribution in [3.63, 3.8) is 0 Å². The molecule has 0 radical (unpaired) electrons. The fourth-order valence-electron chi connectivity index (χ4n) is 1.78. The highest BCUT2D eigenvalue weighted by Crippen LogP contribution is 2.03. The second-order valence-corrected chi connectivity index (χ2v) is 5.45. The maximum Gasteiger partial charge on any atom is 0.239 e. The minimum Gasteiger partial charge on any atom is -0.379 e. The van der Waals surface area contributed by atoms with Crippen molar-refractivity contribution in [1.82, 2.24) is 10.2 Å². The summed E-state index contributed by atoms with van der Waals surface area (Å²) in [6, 6.07) is 0. The molecular weight excluding hydrogens is 289 g/mol. The Morgan fingerprint density at radius 2 is 1.89 bits per heavy atom. The Labute approximate surface area is 128 Å². The molecule has 1 rings (SSSR count). The number of nitrogens with two attached hydrogens (primary N) is 1. The van der Waals surface area contributed by atoms with Gasteiger partial charge in [0.05, 0.1) is 18.8 Å². The van der Waals surface area contributed by atoms with Crippen molar-refractivity contribution >= 4 is 30.7 Å². The van der Waals surface area contributed by atoms with Crippen LogP contribution in [0.1, 0.15) is 20.8 Å². The second-order valence-electron chi connectivity index (χ2n) is 5.45. The van der Waals surface area contributed by atoms with E-state index < -0.39 is 5.54 Å². The third-order valence-electron chi connectivity index (χ3n) is 2.87. The van der Waals surface area contributed by atoms with E-state index in [2.05, 4.69) is 17.1 Å². The van der Waals surface area contributed by atoms with Crippen LogP contribution in [0.5, 0.6) is 0 Å². The molecule has 0 aromatic heterocycles. The van der Waals surface area contributed by atoms with Gasteiger partial charge < -0.3 is 15.8 Å². The van der Waals surface area contributed by atoms with Gasteiger partial charge in [-0.2, -0.15) is 0 Å². The monoisotopic (exact) mass is 315 g/mol. The average Bonchev–Trinajstić information content (AvgIpc) is 2.26. The van der Waals surface area contributed by atoms with Crippen LogP contribution < -0.4 is 11.1 Å². The number of amides is 1. The molecule has 1 fully saturated rings. The molecule has 1 atom stereocenters. The number of morpholine rings is 1. The fraction of sp³-hybridized carbons (Fsp3) is 0.917. The molecule has 3 N–H and O–H groups in total. The van der Waals surface area contributed by atoms with E-state index >= 15 is 0 Å². The highest BCUT2D eigenvalue weighted by Gasteiger charge is 2.22. The molecule has 7 heteroatoms. The van der Waals surface area contributed by atoms with Gasteiger partial charge in [-0.25, -0.2) is 0 Å². The summed E-state index contributed by atoms with van der Waals surface area (Å²) in [5.74, 6) is 0.339. The van der Waals surface area contributed by atoms with Crippen LogP contribution in [-0.2, 0) is 9.53 Å². The first-order chi connectivity index (χ1) is 7.89. The summed E-state index contributed by atoms with van der Waals surface area (Å²) in [6.45, 7) is 10.8. The minimum absolute atomic E-state index is 0. The molecule has 19 heavy (non-hydrogen) atoms. The standard InChI is InChI=1S/C12H25N3O2.2ClH/c1-10(8-14-11(16)12(2,3)13)9-15-4-6-17-7-5-15;;/h10H,4-9,13H2,1-3H3,(H,14,16);2*1H. The van der Waals surface area contributed by atoms with Crippen molar-refractivity contribution in [3.8, 4) is 0 Å². The van der Waals surface area contributed by atoms with Crippen molar-refractivity contribution in [3.05, 3.63) is 0 Å². The van der Waals surface area contributed by atoms with Gasteiger partial charge in [-0.15, -0.1) is 24.8 Å². The van der Waals surface area contributed by atoms with Gasteiger partial charge in [-0.3, -0.25) is 9.69 Å². The van der Waals surface area contributed by atoms with Gasteiger partial charge in [-0.1, -0.05) is 6.92 Å². The Morgan fingerprint density at radius 1 is 1.37 bits per heavy atom. The van der Waals surface area contributed by atoms with E-state index in [1.165, 1.54) is 0 Å². The normalized spacial score (nSPS) is 17.9. The summed E-state index contributed by atoms with van der Waals surface area (Å²) < 4.78 is 5.30. The lowest BCUT2D eigenvalue weighted by molar-refractivity contribution is -0.125. The number of nitrogens with one attached hydrogen (secondary N) is 1. The van der Waals surface area contributed by atoms with Gasteiger partial charge >= 0.3 is 0 Å². The number of hydrogen-bond acceptors (Lipinski definition) is 4. The third kappa shape index (κ3) is 8.65. The quantitative estimate of drug-likeness (QED) is 0.782. The SMILES string of the molecule is CC(CNC(=O)C(C)(C)N)CN1CCOCC1.Cl.Cl. The molecule has 0 aromatic carbocycles. The first kappa shape index (κ1) is 21.2. The van der Waals surface area contributed by atoms with E-state index in [4.69, 9.17) is 10.5 Å². The molecule has 1 saturated heterocycles. The average molecular weight is 316 g/mol. The summed E-state index contributed by atoms with van der Waals surface area (Å²) in [5.41, 5.74) is 4.92. The lowest BCUT2D eigenvalue weighted by Crippen LogP contribution is -2.50. The molecule has 1 heterocycles. The number of halogens is 2. The van der Waals surface area contributed by atoms with Crippen LogP contribution in [0, 0.1) is 5.92 Å². The van der Waals surface area contributed by atoms with Gasteiger partial charge in [0.2, 0.25) is 5.91 Å². The molecule has 0 aromatic rings. The van der Waals surface area contributed by atoms with Crippen molar-refractivity contribution in [2.24, 2.45) is 11.7 Å². The maximum atomic E-state index is 11.6. The number of nitrogens with zero attached hydrogens (tertiary/aromatic N) is 1. The van der Waals surface area contributed by atoms with Crippen LogP contribution in [0.2, 0.25) is 0 Å². The number of rotatable bonds is 5. The second kappa shape index (κ2) is 9.77. The number of ether oxygens (including phenoxy) is 1. The maximum absolute atomic E-state index is 11.6. The molecule has 0 bridgehead atoms.